The predicted octanol–water partition coefficient (Wildman–Crippen LogP) is 3.24. The minimum Gasteiger partial charge on any atom is -0.372 e. The molecule has 3 aromatic rings. The second kappa shape index (κ2) is 5.42. The summed E-state index contributed by atoms with van der Waals surface area (Å²) in [6.45, 7) is 0. The van der Waals surface area contributed by atoms with E-state index in [0.29, 0.717) is 0 Å². The molecule has 3 rings (SSSR count). The Balaban J connectivity index is 1.98. The lowest BCUT2D eigenvalue weighted by molar-refractivity contribution is 1.12. The highest BCUT2D eigenvalue weighted by atomic mass is 32.2. The summed E-state index contributed by atoms with van der Waals surface area (Å²) in [5.74, 6) is 1.53. The zero-order valence-corrected chi connectivity index (χ0v) is 12.1. The van der Waals surface area contributed by atoms with E-state index in [1.807, 2.05) is 36.0 Å². The molecule has 1 aromatic carbocycles. The van der Waals surface area contributed by atoms with Gasteiger partial charge in [0.15, 0.2) is 11.5 Å². The Morgan fingerprint density at radius 1 is 1.20 bits per heavy atom. The maximum Gasteiger partial charge on any atom is 0.180 e. The molecule has 0 aliphatic rings. The third-order valence-electron chi connectivity index (χ3n) is 2.98. The van der Waals surface area contributed by atoms with Crippen molar-refractivity contribution >= 4 is 34.7 Å². The molecule has 0 spiro atoms. The topological polar surface area (TPSA) is 54.2 Å². The number of benzene rings is 1. The third kappa shape index (κ3) is 2.42. The normalized spacial score (nSPS) is 10.7. The molecule has 0 aliphatic carbocycles. The van der Waals surface area contributed by atoms with E-state index in [4.69, 9.17) is 0 Å². The molecule has 0 radical (unpaired) electrons. The maximum absolute atomic E-state index is 4.52. The largest absolute Gasteiger partial charge is 0.372 e. The van der Waals surface area contributed by atoms with E-state index < -0.39 is 0 Å². The summed E-state index contributed by atoms with van der Waals surface area (Å²) in [4.78, 5) is 10.1. The molecule has 2 N–H and O–H groups in total. The van der Waals surface area contributed by atoms with Gasteiger partial charge in [-0.1, -0.05) is 0 Å². The van der Waals surface area contributed by atoms with E-state index in [1.165, 1.54) is 4.90 Å². The molecule has 0 unspecified atom stereocenters. The maximum atomic E-state index is 4.52. The molecule has 20 heavy (non-hydrogen) atoms. The van der Waals surface area contributed by atoms with Crippen molar-refractivity contribution in [1.82, 2.24) is 14.4 Å². The first-order valence-electron chi connectivity index (χ1n) is 6.22. The Bertz CT molecular complexity index is 720. The standard InChI is InChI=1S/C14H15N5S/c1-15-12-9-19-8-7-16-14(19)13(18-12)17-10-3-5-11(20-2)6-4-10/h3-9,15H,1-2H3,(H,17,18). The monoisotopic (exact) mass is 285 g/mol. The van der Waals surface area contributed by atoms with Crippen molar-refractivity contribution in [3.05, 3.63) is 42.9 Å². The number of fused-ring (bicyclic) bond motifs is 1. The van der Waals surface area contributed by atoms with Gasteiger partial charge >= 0.3 is 0 Å². The first-order valence-corrected chi connectivity index (χ1v) is 7.45. The average molecular weight is 285 g/mol. The molecule has 2 heterocycles. The summed E-state index contributed by atoms with van der Waals surface area (Å²) >= 11 is 1.72. The number of anilines is 3. The van der Waals surface area contributed by atoms with Gasteiger partial charge in [0.2, 0.25) is 0 Å². The van der Waals surface area contributed by atoms with E-state index in [2.05, 4.69) is 39.0 Å². The zero-order chi connectivity index (χ0) is 13.9. The molecule has 0 bridgehead atoms. The van der Waals surface area contributed by atoms with Crippen LogP contribution in [0.25, 0.3) is 5.65 Å². The van der Waals surface area contributed by atoms with Gasteiger partial charge in [0.1, 0.15) is 5.82 Å². The van der Waals surface area contributed by atoms with Crippen LogP contribution in [0.15, 0.2) is 47.8 Å². The highest BCUT2D eigenvalue weighted by Gasteiger charge is 2.07. The summed E-state index contributed by atoms with van der Waals surface area (Å²) in [6.07, 6.45) is 7.64. The molecule has 102 valence electrons. The number of hydrogen-bond donors (Lipinski definition) is 2. The summed E-state index contributed by atoms with van der Waals surface area (Å²) in [7, 11) is 1.85. The zero-order valence-electron chi connectivity index (χ0n) is 11.3. The Hall–Kier alpha value is -2.21. The van der Waals surface area contributed by atoms with Crippen LogP contribution in [-0.4, -0.2) is 27.7 Å². The molecular weight excluding hydrogens is 270 g/mol. The Kier molecular flexibility index (Phi) is 3.47. The molecule has 0 saturated carbocycles. The first-order chi connectivity index (χ1) is 9.80. The minimum absolute atomic E-state index is 0.735. The van der Waals surface area contributed by atoms with Gasteiger partial charge in [-0.2, -0.15) is 0 Å². The Morgan fingerprint density at radius 2 is 2.00 bits per heavy atom. The van der Waals surface area contributed by atoms with E-state index in [9.17, 15) is 0 Å². The Morgan fingerprint density at radius 3 is 2.70 bits per heavy atom. The number of imidazole rings is 1. The lowest BCUT2D eigenvalue weighted by Crippen LogP contribution is -2.02. The van der Waals surface area contributed by atoms with Crippen LogP contribution in [0.1, 0.15) is 0 Å². The van der Waals surface area contributed by atoms with E-state index >= 15 is 0 Å². The molecule has 0 atom stereocenters. The van der Waals surface area contributed by atoms with Crippen molar-refractivity contribution < 1.29 is 0 Å². The predicted molar refractivity (Wildman–Crippen MR) is 84.0 cm³/mol. The van der Waals surface area contributed by atoms with Crippen LogP contribution in [0.3, 0.4) is 0 Å². The smallest absolute Gasteiger partial charge is 0.180 e. The first kappa shape index (κ1) is 12.8. The van der Waals surface area contributed by atoms with Crippen molar-refractivity contribution in [3.63, 3.8) is 0 Å². The van der Waals surface area contributed by atoms with Crippen molar-refractivity contribution in [2.75, 3.05) is 23.9 Å². The molecule has 0 amide bonds. The summed E-state index contributed by atoms with van der Waals surface area (Å²) < 4.78 is 1.94. The highest BCUT2D eigenvalue weighted by Crippen LogP contribution is 2.23. The van der Waals surface area contributed by atoms with Gasteiger partial charge in [0.05, 0.1) is 6.20 Å². The number of nitrogens with one attached hydrogen (secondary N) is 2. The summed E-state index contributed by atoms with van der Waals surface area (Å²) in [5, 5.41) is 6.37. The van der Waals surface area contributed by atoms with Gasteiger partial charge in [-0.3, -0.25) is 0 Å². The third-order valence-corrected chi connectivity index (χ3v) is 3.73. The number of aromatic nitrogens is 3. The van der Waals surface area contributed by atoms with Crippen LogP contribution in [0.2, 0.25) is 0 Å². The van der Waals surface area contributed by atoms with Gasteiger partial charge < -0.3 is 15.0 Å². The molecule has 5 nitrogen and oxygen atoms in total. The molecule has 0 fully saturated rings. The second-order valence-electron chi connectivity index (χ2n) is 4.24. The molecule has 6 heteroatoms. The fraction of sp³-hybridized carbons (Fsp3) is 0.143. The Labute approximate surface area is 121 Å². The molecule has 0 aliphatic heterocycles. The quantitative estimate of drug-likeness (QED) is 0.721. The van der Waals surface area contributed by atoms with Crippen molar-refractivity contribution in [3.8, 4) is 0 Å². The lowest BCUT2D eigenvalue weighted by atomic mass is 10.3. The van der Waals surface area contributed by atoms with Crippen LogP contribution >= 0.6 is 11.8 Å². The average Bonchev–Trinajstić information content (AvgIpc) is 2.96. The number of hydrogen-bond acceptors (Lipinski definition) is 5. The minimum atomic E-state index is 0.735. The summed E-state index contributed by atoms with van der Waals surface area (Å²) in [6, 6.07) is 8.24. The van der Waals surface area contributed by atoms with Crippen LogP contribution < -0.4 is 10.6 Å². The fourth-order valence-corrected chi connectivity index (χ4v) is 2.36. The van der Waals surface area contributed by atoms with Gasteiger partial charge in [0.25, 0.3) is 0 Å². The fourth-order valence-electron chi connectivity index (χ4n) is 1.95. The van der Waals surface area contributed by atoms with Gasteiger partial charge in [-0.15, -0.1) is 11.8 Å². The van der Waals surface area contributed by atoms with Crippen LogP contribution in [-0.2, 0) is 0 Å². The number of thioether (sulfide) groups is 1. The van der Waals surface area contributed by atoms with Crippen molar-refractivity contribution in [1.29, 1.82) is 0 Å². The molecular formula is C14H15N5S. The SMILES string of the molecule is CNc1cn2ccnc2c(Nc2ccc(SC)cc2)n1. The van der Waals surface area contributed by atoms with Gasteiger partial charge in [-0.05, 0) is 30.5 Å². The molecule has 2 aromatic heterocycles. The van der Waals surface area contributed by atoms with E-state index in [-0.39, 0.29) is 0 Å². The van der Waals surface area contributed by atoms with E-state index in [1.54, 1.807) is 18.0 Å². The van der Waals surface area contributed by atoms with Crippen LogP contribution in [0, 0.1) is 0 Å². The lowest BCUT2D eigenvalue weighted by Gasteiger charge is -2.09. The van der Waals surface area contributed by atoms with Crippen molar-refractivity contribution in [2.24, 2.45) is 0 Å². The second-order valence-corrected chi connectivity index (χ2v) is 5.12. The van der Waals surface area contributed by atoms with Gasteiger partial charge in [-0.25, -0.2) is 9.97 Å². The number of nitrogens with zero attached hydrogens (tertiary/aromatic N) is 3. The van der Waals surface area contributed by atoms with Crippen LogP contribution in [0.5, 0.6) is 0 Å². The summed E-state index contributed by atoms with van der Waals surface area (Å²) in [5.41, 5.74) is 1.80. The molecule has 0 saturated heterocycles. The van der Waals surface area contributed by atoms with Crippen molar-refractivity contribution in [2.45, 2.75) is 4.90 Å². The van der Waals surface area contributed by atoms with Gasteiger partial charge in [0, 0.05) is 30.0 Å². The van der Waals surface area contributed by atoms with E-state index in [0.717, 1.165) is 23.0 Å². The highest BCUT2D eigenvalue weighted by molar-refractivity contribution is 7.98. The van der Waals surface area contributed by atoms with Crippen LogP contribution in [0.4, 0.5) is 17.3 Å². The number of rotatable bonds is 4.